The van der Waals surface area contributed by atoms with Crippen LogP contribution in [-0.2, 0) is 4.79 Å². The second-order valence-corrected chi connectivity index (χ2v) is 6.79. The van der Waals surface area contributed by atoms with Crippen molar-refractivity contribution in [3.05, 3.63) is 77.2 Å². The zero-order valence-corrected chi connectivity index (χ0v) is 16.4. The molecule has 1 fully saturated rings. The summed E-state index contributed by atoms with van der Waals surface area (Å²) in [5, 5.41) is 13.1. The Morgan fingerprint density at radius 3 is 2.38 bits per heavy atom. The van der Waals surface area contributed by atoms with Crippen molar-refractivity contribution in [1.29, 1.82) is 0 Å². The van der Waals surface area contributed by atoms with Crippen LogP contribution in [0.15, 0.2) is 76.1 Å². The van der Waals surface area contributed by atoms with Crippen molar-refractivity contribution in [2.45, 2.75) is 19.6 Å². The SMILES string of the molecule is C=N/C(N)=C(\N=C(/C)c1ccc(C(O)N2CCC2)cc1)C(=O)Nc1ccccc1. The summed E-state index contributed by atoms with van der Waals surface area (Å²) in [6, 6.07) is 16.5. The molecule has 29 heavy (non-hydrogen) atoms. The van der Waals surface area contributed by atoms with Gasteiger partial charge in [0.25, 0.3) is 5.91 Å². The molecule has 7 heteroatoms. The van der Waals surface area contributed by atoms with Crippen molar-refractivity contribution in [1.82, 2.24) is 4.90 Å². The zero-order valence-electron chi connectivity index (χ0n) is 16.4. The maximum Gasteiger partial charge on any atom is 0.278 e. The number of likely N-dealkylation sites (tertiary alicyclic amines) is 1. The Morgan fingerprint density at radius 1 is 1.17 bits per heavy atom. The Labute approximate surface area is 170 Å². The fourth-order valence-electron chi connectivity index (χ4n) is 2.94. The summed E-state index contributed by atoms with van der Waals surface area (Å²) < 4.78 is 0. The van der Waals surface area contributed by atoms with Crippen molar-refractivity contribution in [3.8, 4) is 0 Å². The van der Waals surface area contributed by atoms with Crippen molar-refractivity contribution in [3.63, 3.8) is 0 Å². The Morgan fingerprint density at radius 2 is 1.83 bits per heavy atom. The van der Waals surface area contributed by atoms with Gasteiger partial charge in [0, 0.05) is 24.5 Å². The van der Waals surface area contributed by atoms with Crippen LogP contribution in [0.25, 0.3) is 0 Å². The first-order chi connectivity index (χ1) is 14.0. The lowest BCUT2D eigenvalue weighted by molar-refractivity contribution is -0.112. The highest BCUT2D eigenvalue weighted by Crippen LogP contribution is 2.23. The third kappa shape index (κ3) is 4.96. The van der Waals surface area contributed by atoms with Gasteiger partial charge in [0.05, 0.1) is 0 Å². The van der Waals surface area contributed by atoms with Crippen LogP contribution in [0, 0.1) is 0 Å². The zero-order chi connectivity index (χ0) is 20.8. The number of aliphatic imine (C=N–C) groups is 2. The summed E-state index contributed by atoms with van der Waals surface area (Å²) in [5.41, 5.74) is 8.72. The molecule has 1 heterocycles. The van der Waals surface area contributed by atoms with E-state index in [2.05, 4.69) is 22.0 Å². The Balaban J connectivity index is 1.80. The molecule has 7 nitrogen and oxygen atoms in total. The van der Waals surface area contributed by atoms with Gasteiger partial charge in [-0.1, -0.05) is 42.5 Å². The lowest BCUT2D eigenvalue weighted by Crippen LogP contribution is -2.40. The van der Waals surface area contributed by atoms with Gasteiger partial charge in [-0.3, -0.25) is 9.69 Å². The van der Waals surface area contributed by atoms with Crippen LogP contribution in [0.4, 0.5) is 5.69 Å². The maximum absolute atomic E-state index is 12.7. The molecule has 1 aliphatic heterocycles. The molecule has 1 unspecified atom stereocenters. The number of aliphatic hydroxyl groups is 1. The third-order valence-electron chi connectivity index (χ3n) is 4.80. The Hall–Kier alpha value is -3.29. The number of rotatable bonds is 7. The van der Waals surface area contributed by atoms with Crippen molar-refractivity contribution < 1.29 is 9.90 Å². The Kier molecular flexibility index (Phi) is 6.54. The topological polar surface area (TPSA) is 103 Å². The number of anilines is 1. The van der Waals surface area contributed by atoms with Gasteiger partial charge in [-0.25, -0.2) is 9.98 Å². The van der Waals surface area contributed by atoms with Gasteiger partial charge in [-0.2, -0.15) is 0 Å². The molecule has 2 aromatic carbocycles. The second kappa shape index (κ2) is 9.27. The molecule has 0 saturated carbocycles. The van der Waals surface area contributed by atoms with Gasteiger partial charge >= 0.3 is 0 Å². The molecule has 1 saturated heterocycles. The number of carbonyl (C=O) groups is 1. The average molecular weight is 391 g/mol. The van der Waals surface area contributed by atoms with Crippen LogP contribution in [0.3, 0.4) is 0 Å². The van der Waals surface area contributed by atoms with Crippen LogP contribution in [0.1, 0.15) is 30.7 Å². The number of nitrogens with zero attached hydrogens (tertiary/aromatic N) is 3. The normalized spacial score (nSPS) is 16.4. The number of hydrogen-bond donors (Lipinski definition) is 3. The van der Waals surface area contributed by atoms with Gasteiger partial charge in [0.1, 0.15) is 6.23 Å². The van der Waals surface area contributed by atoms with E-state index in [4.69, 9.17) is 5.73 Å². The number of nitrogens with one attached hydrogen (secondary N) is 1. The summed E-state index contributed by atoms with van der Waals surface area (Å²) in [5.74, 6) is -0.520. The number of carbonyl (C=O) groups excluding carboxylic acids is 1. The first kappa shape index (κ1) is 20.4. The van der Waals surface area contributed by atoms with E-state index in [9.17, 15) is 9.90 Å². The minimum Gasteiger partial charge on any atom is -0.382 e. The summed E-state index contributed by atoms with van der Waals surface area (Å²) in [6.07, 6.45) is 0.516. The number of para-hydroxylation sites is 1. The van der Waals surface area contributed by atoms with Crippen molar-refractivity contribution >= 4 is 24.0 Å². The lowest BCUT2D eigenvalue weighted by atomic mass is 10.1. The first-order valence-electron chi connectivity index (χ1n) is 9.40. The fraction of sp³-hybridized carbons (Fsp3) is 0.227. The molecule has 1 aliphatic rings. The Bertz CT molecular complexity index is 931. The molecule has 4 N–H and O–H groups in total. The van der Waals surface area contributed by atoms with E-state index in [1.165, 1.54) is 0 Å². The van der Waals surface area contributed by atoms with E-state index >= 15 is 0 Å². The molecule has 3 rings (SSSR count). The van der Waals surface area contributed by atoms with Crippen LogP contribution in [0.5, 0.6) is 0 Å². The van der Waals surface area contributed by atoms with Crippen LogP contribution >= 0.6 is 0 Å². The van der Waals surface area contributed by atoms with Gasteiger partial charge < -0.3 is 16.2 Å². The largest absolute Gasteiger partial charge is 0.382 e. The summed E-state index contributed by atoms with van der Waals surface area (Å²) in [4.78, 5) is 22.7. The average Bonchev–Trinajstić information content (AvgIpc) is 2.70. The molecule has 1 atom stereocenters. The predicted molar refractivity (Wildman–Crippen MR) is 116 cm³/mol. The molecular formula is C22H25N5O2. The van der Waals surface area contributed by atoms with Crippen molar-refractivity contribution in [2.75, 3.05) is 18.4 Å². The van der Waals surface area contributed by atoms with Gasteiger partial charge in [-0.05, 0) is 43.3 Å². The molecule has 0 aromatic heterocycles. The summed E-state index contributed by atoms with van der Waals surface area (Å²) in [7, 11) is 0. The monoisotopic (exact) mass is 391 g/mol. The maximum atomic E-state index is 12.7. The number of hydrogen-bond acceptors (Lipinski definition) is 6. The van der Waals surface area contributed by atoms with E-state index in [1.54, 1.807) is 19.1 Å². The standard InChI is InChI=1S/C22H25N5O2/c1-15(16-9-11-17(12-10-16)22(29)27-13-6-14-27)25-19(20(23)24-2)21(28)26-18-7-4-3-5-8-18/h3-5,7-12,22,29H,2,6,13-14,23H2,1H3,(H,26,28)/b20-19-,25-15+. The van der Waals surface area contributed by atoms with E-state index in [0.29, 0.717) is 11.4 Å². The molecule has 2 aromatic rings. The minimum atomic E-state index is -0.595. The molecular weight excluding hydrogens is 366 g/mol. The minimum absolute atomic E-state index is 0.00829. The van der Waals surface area contributed by atoms with E-state index in [-0.39, 0.29) is 11.5 Å². The van der Waals surface area contributed by atoms with Crippen molar-refractivity contribution in [2.24, 2.45) is 15.7 Å². The molecule has 150 valence electrons. The highest BCUT2D eigenvalue weighted by atomic mass is 16.3. The summed E-state index contributed by atoms with van der Waals surface area (Å²) in [6.45, 7) is 6.99. The molecule has 0 aliphatic carbocycles. The summed E-state index contributed by atoms with van der Waals surface area (Å²) >= 11 is 0. The second-order valence-electron chi connectivity index (χ2n) is 6.79. The number of nitrogens with two attached hydrogens (primary N) is 1. The molecule has 1 amide bonds. The highest BCUT2D eigenvalue weighted by molar-refractivity contribution is 6.08. The van der Waals surface area contributed by atoms with Crippen LogP contribution in [0.2, 0.25) is 0 Å². The van der Waals surface area contributed by atoms with E-state index in [0.717, 1.165) is 30.6 Å². The number of aliphatic hydroxyl groups excluding tert-OH is 1. The van der Waals surface area contributed by atoms with Crippen LogP contribution < -0.4 is 11.1 Å². The predicted octanol–water partition coefficient (Wildman–Crippen LogP) is 2.66. The van der Waals surface area contributed by atoms with Gasteiger partial charge in [0.15, 0.2) is 11.5 Å². The highest BCUT2D eigenvalue weighted by Gasteiger charge is 2.23. The first-order valence-corrected chi connectivity index (χ1v) is 9.40. The third-order valence-corrected chi connectivity index (χ3v) is 4.80. The molecule has 0 bridgehead atoms. The number of benzene rings is 2. The van der Waals surface area contributed by atoms with Crippen LogP contribution in [-0.4, -0.2) is 41.4 Å². The quantitative estimate of drug-likeness (QED) is 0.499. The van der Waals surface area contributed by atoms with E-state index < -0.39 is 12.1 Å². The van der Waals surface area contributed by atoms with Gasteiger partial charge in [0.2, 0.25) is 0 Å². The molecule has 0 spiro atoms. The molecule has 0 radical (unpaired) electrons. The number of amides is 1. The van der Waals surface area contributed by atoms with E-state index in [1.807, 2.05) is 47.4 Å². The smallest absolute Gasteiger partial charge is 0.278 e. The lowest BCUT2D eigenvalue weighted by Gasteiger charge is -2.35. The fourth-order valence-corrected chi connectivity index (χ4v) is 2.94. The van der Waals surface area contributed by atoms with Gasteiger partial charge in [-0.15, -0.1) is 0 Å².